The van der Waals surface area contributed by atoms with Crippen LogP contribution in [0.15, 0.2) is 78.2 Å². The van der Waals surface area contributed by atoms with Gasteiger partial charge in [-0.15, -0.1) is 11.3 Å². The van der Waals surface area contributed by atoms with Crippen molar-refractivity contribution in [2.45, 2.75) is 13.8 Å². The highest BCUT2D eigenvalue weighted by molar-refractivity contribution is 7.10. The van der Waals surface area contributed by atoms with Gasteiger partial charge in [-0.3, -0.25) is 0 Å². The van der Waals surface area contributed by atoms with Crippen LogP contribution in [0.5, 0.6) is 0 Å². The smallest absolute Gasteiger partial charge is 0.0267 e. The molecule has 23 heavy (non-hydrogen) atoms. The van der Waals surface area contributed by atoms with Crippen molar-refractivity contribution < 1.29 is 0 Å². The number of allylic oxidation sites excluding steroid dienone is 6. The highest BCUT2D eigenvalue weighted by atomic mass is 32.1. The van der Waals surface area contributed by atoms with Gasteiger partial charge in [0.25, 0.3) is 0 Å². The molecule has 0 radical (unpaired) electrons. The Morgan fingerprint density at radius 3 is 2.61 bits per heavy atom. The summed E-state index contributed by atoms with van der Waals surface area (Å²) in [4.78, 5) is 1.30. The van der Waals surface area contributed by atoms with Crippen LogP contribution in [0.2, 0.25) is 0 Å². The average Bonchev–Trinajstić information content (AvgIpc) is 3.07. The summed E-state index contributed by atoms with van der Waals surface area (Å²) in [7, 11) is 0. The van der Waals surface area contributed by atoms with E-state index in [-0.39, 0.29) is 5.41 Å². The van der Waals surface area contributed by atoms with Crippen molar-refractivity contribution in [3.63, 3.8) is 0 Å². The third-order valence-corrected chi connectivity index (χ3v) is 5.16. The Morgan fingerprint density at radius 2 is 1.87 bits per heavy atom. The molecule has 1 aliphatic carbocycles. The topological polar surface area (TPSA) is 0 Å². The molecule has 0 saturated heterocycles. The molecule has 0 amide bonds. The van der Waals surface area contributed by atoms with Crippen molar-refractivity contribution in [2.75, 3.05) is 0 Å². The molecular weight excluding hydrogens is 296 g/mol. The molecule has 116 valence electrons. The SMILES string of the molecule is Cc1ccc(C=CC2(C)C=CC=CC2/C=C/c2cccs2)cc1. The molecule has 0 nitrogen and oxygen atoms in total. The number of rotatable bonds is 4. The van der Waals surface area contributed by atoms with E-state index in [9.17, 15) is 0 Å². The van der Waals surface area contributed by atoms with Crippen LogP contribution in [-0.2, 0) is 0 Å². The molecule has 0 aliphatic heterocycles. The molecule has 2 atom stereocenters. The quantitative estimate of drug-likeness (QED) is 0.601. The van der Waals surface area contributed by atoms with Crippen LogP contribution >= 0.6 is 11.3 Å². The van der Waals surface area contributed by atoms with Gasteiger partial charge < -0.3 is 0 Å². The summed E-state index contributed by atoms with van der Waals surface area (Å²) >= 11 is 1.78. The van der Waals surface area contributed by atoms with Crippen LogP contribution in [0.25, 0.3) is 12.2 Å². The lowest BCUT2D eigenvalue weighted by Crippen LogP contribution is -2.21. The first-order valence-electron chi connectivity index (χ1n) is 7.99. The molecular formula is C22H22S. The van der Waals surface area contributed by atoms with E-state index in [0.29, 0.717) is 5.92 Å². The Morgan fingerprint density at radius 1 is 1.04 bits per heavy atom. The highest BCUT2D eigenvalue weighted by Crippen LogP contribution is 2.37. The maximum atomic E-state index is 2.32. The van der Waals surface area contributed by atoms with Crippen molar-refractivity contribution >= 4 is 23.5 Å². The summed E-state index contributed by atoms with van der Waals surface area (Å²) in [6.45, 7) is 4.41. The van der Waals surface area contributed by atoms with E-state index in [1.807, 2.05) is 0 Å². The maximum Gasteiger partial charge on any atom is 0.0267 e. The molecule has 1 aliphatic rings. The molecule has 2 unspecified atom stereocenters. The molecule has 1 aromatic heterocycles. The molecule has 3 rings (SSSR count). The van der Waals surface area contributed by atoms with E-state index in [0.717, 1.165) is 0 Å². The van der Waals surface area contributed by atoms with Gasteiger partial charge in [0.05, 0.1) is 0 Å². The fraction of sp³-hybridized carbons (Fsp3) is 0.182. The average molecular weight is 318 g/mol. The molecule has 0 N–H and O–H groups in total. The minimum atomic E-state index is 0.00734. The fourth-order valence-corrected chi connectivity index (χ4v) is 3.37. The summed E-state index contributed by atoms with van der Waals surface area (Å²) in [5.41, 5.74) is 2.55. The van der Waals surface area contributed by atoms with E-state index < -0.39 is 0 Å². The largest absolute Gasteiger partial charge is 0.144 e. The molecule has 1 heteroatoms. The normalized spacial score (nSPS) is 24.0. The highest BCUT2D eigenvalue weighted by Gasteiger charge is 2.26. The number of hydrogen-bond donors (Lipinski definition) is 0. The first-order valence-corrected chi connectivity index (χ1v) is 8.87. The van der Waals surface area contributed by atoms with Crippen LogP contribution in [0.1, 0.15) is 22.9 Å². The van der Waals surface area contributed by atoms with Gasteiger partial charge in [0.15, 0.2) is 0 Å². The standard InChI is InChI=1S/C22H22S/c1-18-8-10-19(11-9-18)14-16-22(2)15-4-3-6-20(22)12-13-21-7-5-17-23-21/h3-17,20H,1-2H3/b13-12+,16-14?. The minimum Gasteiger partial charge on any atom is -0.144 e. The summed E-state index contributed by atoms with van der Waals surface area (Å²) < 4.78 is 0. The first-order chi connectivity index (χ1) is 11.2. The van der Waals surface area contributed by atoms with Gasteiger partial charge in [-0.05, 0) is 30.0 Å². The molecule has 0 spiro atoms. The lowest BCUT2D eigenvalue weighted by atomic mass is 9.73. The van der Waals surface area contributed by atoms with Gasteiger partial charge in [0.2, 0.25) is 0 Å². The molecule has 2 aromatic rings. The zero-order chi connectivity index (χ0) is 16.1. The van der Waals surface area contributed by atoms with E-state index in [1.54, 1.807) is 11.3 Å². The first kappa shape index (κ1) is 15.8. The molecule has 0 fully saturated rings. The van der Waals surface area contributed by atoms with Crippen molar-refractivity contribution in [3.8, 4) is 0 Å². The van der Waals surface area contributed by atoms with Crippen LogP contribution in [0.3, 0.4) is 0 Å². The van der Waals surface area contributed by atoms with Gasteiger partial charge >= 0.3 is 0 Å². The third-order valence-electron chi connectivity index (χ3n) is 4.33. The lowest BCUT2D eigenvalue weighted by Gasteiger charge is -2.30. The molecule has 1 aromatic carbocycles. The van der Waals surface area contributed by atoms with Gasteiger partial charge in [-0.1, -0.05) is 85.4 Å². The zero-order valence-corrected chi connectivity index (χ0v) is 14.5. The Bertz CT molecular complexity index is 742. The second kappa shape index (κ2) is 6.97. The summed E-state index contributed by atoms with van der Waals surface area (Å²) in [5, 5.41) is 2.12. The van der Waals surface area contributed by atoms with Crippen LogP contribution in [0.4, 0.5) is 0 Å². The number of hydrogen-bond acceptors (Lipinski definition) is 1. The lowest BCUT2D eigenvalue weighted by molar-refractivity contribution is 0.461. The fourth-order valence-electron chi connectivity index (χ4n) is 2.74. The molecule has 0 bridgehead atoms. The maximum absolute atomic E-state index is 2.32. The van der Waals surface area contributed by atoms with Gasteiger partial charge in [0.1, 0.15) is 0 Å². The predicted octanol–water partition coefficient (Wildman–Crippen LogP) is 6.53. The Labute approximate surface area is 143 Å². The van der Waals surface area contributed by atoms with Gasteiger partial charge in [0, 0.05) is 16.2 Å². The third kappa shape index (κ3) is 4.00. The van der Waals surface area contributed by atoms with Crippen molar-refractivity contribution in [3.05, 3.63) is 94.2 Å². The summed E-state index contributed by atoms with van der Waals surface area (Å²) in [5.74, 6) is 0.372. The van der Waals surface area contributed by atoms with Gasteiger partial charge in [-0.25, -0.2) is 0 Å². The van der Waals surface area contributed by atoms with E-state index in [2.05, 4.69) is 104 Å². The number of benzene rings is 1. The molecule has 0 saturated carbocycles. The number of aryl methyl sites for hydroxylation is 1. The van der Waals surface area contributed by atoms with E-state index in [4.69, 9.17) is 0 Å². The number of thiophene rings is 1. The van der Waals surface area contributed by atoms with Crippen molar-refractivity contribution in [2.24, 2.45) is 11.3 Å². The van der Waals surface area contributed by atoms with Crippen molar-refractivity contribution in [1.82, 2.24) is 0 Å². The second-order valence-corrected chi connectivity index (χ2v) is 7.23. The molecule has 1 heterocycles. The van der Waals surface area contributed by atoms with Crippen LogP contribution < -0.4 is 0 Å². The minimum absolute atomic E-state index is 0.00734. The van der Waals surface area contributed by atoms with Crippen LogP contribution in [0, 0.1) is 18.3 Å². The Hall–Kier alpha value is -2.12. The second-order valence-electron chi connectivity index (χ2n) is 6.25. The summed E-state index contributed by atoms with van der Waals surface area (Å²) in [6, 6.07) is 12.9. The van der Waals surface area contributed by atoms with Gasteiger partial charge in [-0.2, -0.15) is 0 Å². The van der Waals surface area contributed by atoms with Crippen LogP contribution in [-0.4, -0.2) is 0 Å². The predicted molar refractivity (Wildman–Crippen MR) is 103 cm³/mol. The Balaban J connectivity index is 1.80. The van der Waals surface area contributed by atoms with E-state index in [1.165, 1.54) is 16.0 Å². The van der Waals surface area contributed by atoms with Crippen molar-refractivity contribution in [1.29, 1.82) is 0 Å². The monoisotopic (exact) mass is 318 g/mol. The Kier molecular flexibility index (Phi) is 4.78. The van der Waals surface area contributed by atoms with E-state index >= 15 is 0 Å². The summed E-state index contributed by atoms with van der Waals surface area (Å²) in [6.07, 6.45) is 18.0. The zero-order valence-electron chi connectivity index (χ0n) is 13.6.